The molecule has 1 aliphatic heterocycles. The maximum absolute atomic E-state index is 13.0. The molecule has 130 valence electrons. The molecule has 0 N–H and O–H groups in total. The van der Waals surface area contributed by atoms with Crippen LogP contribution in [0.3, 0.4) is 0 Å². The van der Waals surface area contributed by atoms with Gasteiger partial charge in [-0.3, -0.25) is 4.98 Å². The lowest BCUT2D eigenvalue weighted by Crippen LogP contribution is -2.24. The molecule has 2 atom stereocenters. The van der Waals surface area contributed by atoms with Crippen LogP contribution in [0.1, 0.15) is 54.2 Å². The van der Waals surface area contributed by atoms with Gasteiger partial charge >= 0.3 is 11.9 Å². The molecule has 0 radical (unpaired) electrons. The minimum atomic E-state index is -0.809. The fraction of sp³-hybridized carbons (Fsp3) is 0.450. The molecule has 25 heavy (non-hydrogen) atoms. The molecule has 1 saturated heterocycles. The van der Waals surface area contributed by atoms with Crippen LogP contribution in [0.15, 0.2) is 24.3 Å². The second kappa shape index (κ2) is 6.47. The molecule has 2 heterocycles. The number of esters is 2. The number of hydrogen-bond acceptors (Lipinski definition) is 5. The van der Waals surface area contributed by atoms with Gasteiger partial charge in [0.25, 0.3) is 0 Å². The van der Waals surface area contributed by atoms with Crippen molar-refractivity contribution in [1.29, 1.82) is 0 Å². The largest absolute Gasteiger partial charge is 0.460 e. The zero-order valence-corrected chi connectivity index (χ0v) is 14.3. The van der Waals surface area contributed by atoms with E-state index in [1.54, 1.807) is 6.92 Å². The number of carbonyl (C=O) groups excluding carboxylic acids is 2. The molecule has 0 unspecified atom stereocenters. The van der Waals surface area contributed by atoms with Gasteiger partial charge in [0, 0.05) is 17.5 Å². The van der Waals surface area contributed by atoms with Crippen LogP contribution in [0, 0.1) is 0 Å². The number of benzene rings is 1. The van der Waals surface area contributed by atoms with Gasteiger partial charge in [0.05, 0.1) is 11.1 Å². The Morgan fingerprint density at radius 3 is 2.80 bits per heavy atom. The minimum absolute atomic E-state index is 0.211. The van der Waals surface area contributed by atoms with Crippen LogP contribution in [-0.4, -0.2) is 29.1 Å². The molecule has 0 bridgehead atoms. The third-order valence-electron chi connectivity index (χ3n) is 5.00. The SMILES string of the molecule is C[C@@H]1C[C@@H](OC(=O)c2c3c(nc4ccccc24)CCCCC3)C(=O)O1. The highest BCUT2D eigenvalue weighted by Gasteiger charge is 2.36. The predicted molar refractivity (Wildman–Crippen MR) is 92.4 cm³/mol. The average molecular weight is 339 g/mol. The van der Waals surface area contributed by atoms with Crippen LogP contribution in [0.5, 0.6) is 0 Å². The summed E-state index contributed by atoms with van der Waals surface area (Å²) in [6.45, 7) is 1.81. The van der Waals surface area contributed by atoms with Gasteiger partial charge in [0.1, 0.15) is 6.10 Å². The fourth-order valence-corrected chi connectivity index (χ4v) is 3.79. The Hall–Kier alpha value is -2.43. The summed E-state index contributed by atoms with van der Waals surface area (Å²) in [5.74, 6) is -0.891. The normalized spacial score (nSPS) is 23.0. The molecule has 1 aromatic carbocycles. The smallest absolute Gasteiger partial charge is 0.347 e. The number of cyclic esters (lactones) is 1. The van der Waals surface area contributed by atoms with E-state index in [0.717, 1.165) is 54.3 Å². The summed E-state index contributed by atoms with van der Waals surface area (Å²) in [4.78, 5) is 29.6. The highest BCUT2D eigenvalue weighted by Crippen LogP contribution is 2.30. The van der Waals surface area contributed by atoms with Crippen molar-refractivity contribution in [2.24, 2.45) is 0 Å². The lowest BCUT2D eigenvalue weighted by Gasteiger charge is -2.16. The molecule has 5 heteroatoms. The van der Waals surface area contributed by atoms with Gasteiger partial charge in [0.2, 0.25) is 6.10 Å². The predicted octanol–water partition coefficient (Wildman–Crippen LogP) is 3.36. The van der Waals surface area contributed by atoms with Gasteiger partial charge in [-0.25, -0.2) is 9.59 Å². The Morgan fingerprint density at radius 2 is 2.00 bits per heavy atom. The van der Waals surface area contributed by atoms with Crippen molar-refractivity contribution < 1.29 is 19.1 Å². The summed E-state index contributed by atoms with van der Waals surface area (Å²) < 4.78 is 10.7. The van der Waals surface area contributed by atoms with Gasteiger partial charge in [0.15, 0.2) is 0 Å². The van der Waals surface area contributed by atoms with Crippen LogP contribution < -0.4 is 0 Å². The lowest BCUT2D eigenvalue weighted by molar-refractivity contribution is -0.147. The molecule has 0 saturated carbocycles. The number of nitrogens with zero attached hydrogens (tertiary/aromatic N) is 1. The highest BCUT2D eigenvalue weighted by atomic mass is 16.6. The number of aromatic nitrogens is 1. The summed E-state index contributed by atoms with van der Waals surface area (Å²) >= 11 is 0. The lowest BCUT2D eigenvalue weighted by atomic mass is 9.97. The third kappa shape index (κ3) is 2.99. The quantitative estimate of drug-likeness (QED) is 0.620. The van der Waals surface area contributed by atoms with Crippen molar-refractivity contribution in [3.8, 4) is 0 Å². The zero-order valence-electron chi connectivity index (χ0n) is 14.3. The number of hydrogen-bond donors (Lipinski definition) is 0. The molecule has 2 aliphatic rings. The van der Waals surface area contributed by atoms with Crippen LogP contribution in [0.25, 0.3) is 10.9 Å². The molecule has 1 fully saturated rings. The van der Waals surface area contributed by atoms with Crippen molar-refractivity contribution in [2.45, 2.75) is 57.7 Å². The molecule has 0 spiro atoms. The Balaban J connectivity index is 1.78. The van der Waals surface area contributed by atoms with E-state index in [0.29, 0.717) is 12.0 Å². The number of pyridine rings is 1. The van der Waals surface area contributed by atoms with E-state index in [-0.39, 0.29) is 6.10 Å². The van der Waals surface area contributed by atoms with E-state index in [4.69, 9.17) is 14.5 Å². The van der Waals surface area contributed by atoms with E-state index >= 15 is 0 Å². The third-order valence-corrected chi connectivity index (χ3v) is 5.00. The summed E-state index contributed by atoms with van der Waals surface area (Å²) in [6.07, 6.45) is 4.34. The standard InChI is InChI=1S/C20H21NO4/c1-12-11-17(19(22)24-12)25-20(23)18-13-7-3-2-4-9-15(13)21-16-10-6-5-8-14(16)18/h5-6,8,10,12,17H,2-4,7,9,11H2,1H3/t12-,17-/m1/s1. The number of rotatable bonds is 2. The molecule has 2 aromatic rings. The monoisotopic (exact) mass is 339 g/mol. The van der Waals surface area contributed by atoms with Crippen molar-refractivity contribution >= 4 is 22.8 Å². The van der Waals surface area contributed by atoms with E-state index in [1.807, 2.05) is 24.3 Å². The first-order valence-corrected chi connectivity index (χ1v) is 8.95. The average Bonchev–Trinajstić information content (AvgIpc) is 2.78. The second-order valence-electron chi connectivity index (χ2n) is 6.87. The molecular weight excluding hydrogens is 318 g/mol. The number of carbonyl (C=O) groups is 2. The Labute approximate surface area is 146 Å². The Bertz CT molecular complexity index is 845. The molecule has 0 amide bonds. The minimum Gasteiger partial charge on any atom is -0.460 e. The summed E-state index contributed by atoms with van der Waals surface area (Å²) in [5, 5.41) is 0.799. The van der Waals surface area contributed by atoms with E-state index < -0.39 is 18.0 Å². The van der Waals surface area contributed by atoms with Gasteiger partial charge in [-0.2, -0.15) is 0 Å². The van der Waals surface area contributed by atoms with Crippen LogP contribution >= 0.6 is 0 Å². The van der Waals surface area contributed by atoms with Gasteiger partial charge < -0.3 is 9.47 Å². The van der Waals surface area contributed by atoms with E-state index in [2.05, 4.69) is 0 Å². The summed E-state index contributed by atoms with van der Waals surface area (Å²) in [7, 11) is 0. The summed E-state index contributed by atoms with van der Waals surface area (Å²) in [6, 6.07) is 7.64. The van der Waals surface area contributed by atoms with Gasteiger partial charge in [-0.15, -0.1) is 0 Å². The van der Waals surface area contributed by atoms with Crippen LogP contribution in [-0.2, 0) is 27.1 Å². The number of para-hydroxylation sites is 1. The Morgan fingerprint density at radius 1 is 1.20 bits per heavy atom. The molecule has 5 nitrogen and oxygen atoms in total. The molecule has 4 rings (SSSR count). The first-order valence-electron chi connectivity index (χ1n) is 8.95. The number of aryl methyl sites for hydroxylation is 1. The Kier molecular flexibility index (Phi) is 4.15. The molecular formula is C20H21NO4. The molecule has 1 aliphatic carbocycles. The molecule has 1 aromatic heterocycles. The van der Waals surface area contributed by atoms with Crippen molar-refractivity contribution in [2.75, 3.05) is 0 Å². The van der Waals surface area contributed by atoms with Gasteiger partial charge in [-0.1, -0.05) is 24.6 Å². The van der Waals surface area contributed by atoms with Crippen molar-refractivity contribution in [3.63, 3.8) is 0 Å². The first kappa shape index (κ1) is 16.1. The van der Waals surface area contributed by atoms with Gasteiger partial charge in [-0.05, 0) is 44.2 Å². The number of fused-ring (bicyclic) bond motifs is 2. The maximum atomic E-state index is 13.0. The van der Waals surface area contributed by atoms with E-state index in [9.17, 15) is 9.59 Å². The van der Waals surface area contributed by atoms with Crippen molar-refractivity contribution in [1.82, 2.24) is 4.98 Å². The topological polar surface area (TPSA) is 65.5 Å². The zero-order chi connectivity index (χ0) is 17.4. The highest BCUT2D eigenvalue weighted by molar-refractivity contribution is 6.05. The summed E-state index contributed by atoms with van der Waals surface area (Å²) in [5.41, 5.74) is 3.36. The maximum Gasteiger partial charge on any atom is 0.347 e. The number of ether oxygens (including phenoxy) is 2. The first-order chi connectivity index (χ1) is 12.1. The van der Waals surface area contributed by atoms with Crippen LogP contribution in [0.4, 0.5) is 0 Å². The van der Waals surface area contributed by atoms with E-state index in [1.165, 1.54) is 0 Å². The van der Waals surface area contributed by atoms with Crippen LogP contribution in [0.2, 0.25) is 0 Å². The van der Waals surface area contributed by atoms with Crippen molar-refractivity contribution in [3.05, 3.63) is 41.1 Å². The second-order valence-corrected chi connectivity index (χ2v) is 6.87. The fourth-order valence-electron chi connectivity index (χ4n) is 3.79.